The van der Waals surface area contributed by atoms with E-state index < -0.39 is 5.69 Å². The number of hydrogen-bond donors (Lipinski definition) is 1. The van der Waals surface area contributed by atoms with Crippen molar-refractivity contribution in [2.45, 2.75) is 0 Å². The molecule has 0 aliphatic rings. The number of nitrogens with zero attached hydrogens (tertiary/aromatic N) is 3. The van der Waals surface area contributed by atoms with Crippen molar-refractivity contribution in [1.29, 1.82) is 0 Å². The zero-order valence-corrected chi connectivity index (χ0v) is 10.6. The van der Waals surface area contributed by atoms with Crippen LogP contribution in [0.15, 0.2) is 46.0 Å². The Morgan fingerprint density at radius 2 is 1.70 bits per heavy atom. The van der Waals surface area contributed by atoms with Gasteiger partial charge in [-0.05, 0) is 22.9 Å². The molecule has 0 bridgehead atoms. The molecule has 1 N–H and O–H groups in total. The molecule has 0 fully saturated rings. The molecule has 0 aliphatic heterocycles. The standard InChI is InChI=1S/C14H10N4O2/c1-17-10-6-8-4-2-3-5-9(8)7-11(10)18-12(13(17)19)15-16-14(18)20/h2-7H,1H3,(H,16,20). The van der Waals surface area contributed by atoms with Crippen LogP contribution in [0.25, 0.3) is 27.5 Å². The summed E-state index contributed by atoms with van der Waals surface area (Å²) in [5, 5.41) is 8.16. The van der Waals surface area contributed by atoms with Crippen LogP contribution in [0.3, 0.4) is 0 Å². The highest BCUT2D eigenvalue weighted by molar-refractivity contribution is 5.95. The molecule has 20 heavy (non-hydrogen) atoms. The minimum Gasteiger partial charge on any atom is -0.307 e. The lowest BCUT2D eigenvalue weighted by Crippen LogP contribution is -2.23. The molecule has 6 nitrogen and oxygen atoms in total. The largest absolute Gasteiger partial charge is 0.348 e. The predicted molar refractivity (Wildman–Crippen MR) is 76.1 cm³/mol. The van der Waals surface area contributed by atoms with Crippen LogP contribution in [0.1, 0.15) is 0 Å². The summed E-state index contributed by atoms with van der Waals surface area (Å²) in [6.45, 7) is 0. The van der Waals surface area contributed by atoms with Gasteiger partial charge in [-0.1, -0.05) is 24.3 Å². The van der Waals surface area contributed by atoms with E-state index >= 15 is 0 Å². The summed E-state index contributed by atoms with van der Waals surface area (Å²) in [6, 6.07) is 11.6. The summed E-state index contributed by atoms with van der Waals surface area (Å²) in [4.78, 5) is 24.1. The third kappa shape index (κ3) is 1.25. The summed E-state index contributed by atoms with van der Waals surface area (Å²) in [7, 11) is 1.68. The quantitative estimate of drug-likeness (QED) is 0.483. The minimum absolute atomic E-state index is 0.111. The van der Waals surface area contributed by atoms with Crippen LogP contribution in [0.2, 0.25) is 0 Å². The van der Waals surface area contributed by atoms with E-state index in [1.807, 2.05) is 36.4 Å². The van der Waals surface area contributed by atoms with Crippen molar-refractivity contribution in [2.75, 3.05) is 0 Å². The van der Waals surface area contributed by atoms with E-state index in [9.17, 15) is 9.59 Å². The first-order valence-electron chi connectivity index (χ1n) is 6.15. The third-order valence-electron chi connectivity index (χ3n) is 3.61. The Morgan fingerprint density at radius 3 is 2.40 bits per heavy atom. The number of aromatic amines is 1. The first-order valence-corrected chi connectivity index (χ1v) is 6.15. The second kappa shape index (κ2) is 3.57. The monoisotopic (exact) mass is 266 g/mol. The topological polar surface area (TPSA) is 72.2 Å². The molecule has 2 aromatic carbocycles. The number of aryl methyl sites for hydroxylation is 1. The second-order valence-corrected chi connectivity index (χ2v) is 4.74. The maximum Gasteiger partial charge on any atom is 0.348 e. The lowest BCUT2D eigenvalue weighted by Gasteiger charge is -2.08. The SMILES string of the molecule is Cn1c(=O)c2n[nH]c(=O)n2c2cc3ccccc3cc21. The zero-order chi connectivity index (χ0) is 13.9. The summed E-state index contributed by atoms with van der Waals surface area (Å²) in [6.07, 6.45) is 0. The van der Waals surface area contributed by atoms with Crippen molar-refractivity contribution in [1.82, 2.24) is 19.2 Å². The van der Waals surface area contributed by atoms with Gasteiger partial charge in [0.05, 0.1) is 11.0 Å². The Bertz CT molecular complexity index is 1100. The summed E-state index contributed by atoms with van der Waals surface area (Å²) in [5.74, 6) is 0. The van der Waals surface area contributed by atoms with Gasteiger partial charge in [0.15, 0.2) is 0 Å². The number of H-pyrrole nitrogens is 1. The molecular weight excluding hydrogens is 256 g/mol. The van der Waals surface area contributed by atoms with Gasteiger partial charge in [-0.25, -0.2) is 14.3 Å². The summed E-state index contributed by atoms with van der Waals surface area (Å²) < 4.78 is 2.83. The van der Waals surface area contributed by atoms with Crippen molar-refractivity contribution in [3.8, 4) is 0 Å². The first kappa shape index (κ1) is 11.0. The maximum absolute atomic E-state index is 12.2. The van der Waals surface area contributed by atoms with Crippen LogP contribution in [0, 0.1) is 0 Å². The van der Waals surface area contributed by atoms with Crippen molar-refractivity contribution in [2.24, 2.45) is 7.05 Å². The summed E-state index contributed by atoms with van der Waals surface area (Å²) in [5.41, 5.74) is 0.772. The second-order valence-electron chi connectivity index (χ2n) is 4.74. The van der Waals surface area contributed by atoms with Crippen LogP contribution in [-0.2, 0) is 7.05 Å². The number of fused-ring (bicyclic) bond motifs is 4. The normalized spacial score (nSPS) is 11.7. The molecule has 4 aromatic rings. The van der Waals surface area contributed by atoms with Gasteiger partial charge in [-0.3, -0.25) is 4.79 Å². The average molecular weight is 266 g/mol. The van der Waals surface area contributed by atoms with E-state index in [2.05, 4.69) is 10.2 Å². The Labute approximate surface area is 111 Å². The predicted octanol–water partition coefficient (Wildman–Crippen LogP) is 1.03. The number of rotatable bonds is 0. The van der Waals surface area contributed by atoms with Gasteiger partial charge in [-0.15, -0.1) is 5.10 Å². The van der Waals surface area contributed by atoms with Crippen LogP contribution in [-0.4, -0.2) is 19.2 Å². The van der Waals surface area contributed by atoms with E-state index in [1.165, 1.54) is 8.97 Å². The van der Waals surface area contributed by atoms with Gasteiger partial charge in [0.1, 0.15) is 0 Å². The highest BCUT2D eigenvalue weighted by Gasteiger charge is 2.13. The Kier molecular flexibility index (Phi) is 1.96. The van der Waals surface area contributed by atoms with Crippen LogP contribution < -0.4 is 11.2 Å². The van der Waals surface area contributed by atoms with Crippen LogP contribution in [0.5, 0.6) is 0 Å². The fraction of sp³-hybridized carbons (Fsp3) is 0.0714. The molecule has 0 saturated carbocycles. The molecule has 0 aliphatic carbocycles. The van der Waals surface area contributed by atoms with E-state index in [1.54, 1.807) is 7.05 Å². The van der Waals surface area contributed by atoms with Crippen molar-refractivity contribution >= 4 is 27.5 Å². The van der Waals surface area contributed by atoms with E-state index in [0.717, 1.165) is 10.8 Å². The molecular formula is C14H10N4O2. The van der Waals surface area contributed by atoms with Crippen LogP contribution in [0.4, 0.5) is 0 Å². The molecule has 2 aromatic heterocycles. The molecule has 0 atom stereocenters. The Balaban J connectivity index is 2.43. The van der Waals surface area contributed by atoms with Gasteiger partial charge in [-0.2, -0.15) is 0 Å². The van der Waals surface area contributed by atoms with Gasteiger partial charge >= 0.3 is 5.69 Å². The number of hydrogen-bond acceptors (Lipinski definition) is 3. The molecule has 0 spiro atoms. The van der Waals surface area contributed by atoms with Crippen molar-refractivity contribution < 1.29 is 0 Å². The molecule has 0 radical (unpaired) electrons. The highest BCUT2D eigenvalue weighted by Crippen LogP contribution is 2.21. The molecule has 0 saturated heterocycles. The van der Waals surface area contributed by atoms with Crippen molar-refractivity contribution in [3.05, 3.63) is 57.2 Å². The molecule has 98 valence electrons. The average Bonchev–Trinajstić information content (AvgIpc) is 2.85. The smallest absolute Gasteiger partial charge is 0.307 e. The van der Waals surface area contributed by atoms with E-state index in [0.29, 0.717) is 11.0 Å². The fourth-order valence-electron chi connectivity index (χ4n) is 2.59. The molecule has 0 amide bonds. The molecule has 2 heterocycles. The number of benzene rings is 2. The number of nitrogens with one attached hydrogen (secondary N) is 1. The van der Waals surface area contributed by atoms with Gasteiger partial charge in [0.25, 0.3) is 5.56 Å². The Hall–Kier alpha value is -2.89. The molecule has 0 unspecified atom stereocenters. The van der Waals surface area contributed by atoms with E-state index in [4.69, 9.17) is 0 Å². The fourth-order valence-corrected chi connectivity index (χ4v) is 2.59. The van der Waals surface area contributed by atoms with Gasteiger partial charge in [0.2, 0.25) is 5.65 Å². The lowest BCUT2D eigenvalue weighted by atomic mass is 10.1. The molecule has 4 rings (SSSR count). The van der Waals surface area contributed by atoms with Crippen molar-refractivity contribution in [3.63, 3.8) is 0 Å². The highest BCUT2D eigenvalue weighted by atomic mass is 16.2. The first-order chi connectivity index (χ1) is 9.66. The minimum atomic E-state index is -0.405. The van der Waals surface area contributed by atoms with Gasteiger partial charge in [0, 0.05) is 7.05 Å². The number of aromatic nitrogens is 4. The van der Waals surface area contributed by atoms with Crippen LogP contribution >= 0.6 is 0 Å². The molecule has 6 heteroatoms. The maximum atomic E-state index is 12.2. The van der Waals surface area contributed by atoms with Gasteiger partial charge < -0.3 is 4.57 Å². The zero-order valence-electron chi connectivity index (χ0n) is 10.6. The Morgan fingerprint density at radius 1 is 1.05 bits per heavy atom. The summed E-state index contributed by atoms with van der Waals surface area (Å²) >= 11 is 0. The third-order valence-corrected chi connectivity index (χ3v) is 3.61. The lowest BCUT2D eigenvalue weighted by molar-refractivity contribution is 0.893. The van der Waals surface area contributed by atoms with E-state index in [-0.39, 0.29) is 11.2 Å².